The molecular weight excluding hydrogens is 263 g/mol. The maximum Gasteiger partial charge on any atom is 0.147 e. The van der Waals surface area contributed by atoms with Crippen molar-refractivity contribution in [3.8, 4) is 0 Å². The molecule has 2 N–H and O–H groups in total. The fourth-order valence-electron chi connectivity index (χ4n) is 3.14. The van der Waals surface area contributed by atoms with E-state index in [0.717, 1.165) is 30.6 Å². The van der Waals surface area contributed by atoms with E-state index in [-0.39, 0.29) is 11.9 Å². The predicted molar refractivity (Wildman–Crippen MR) is 85.5 cm³/mol. The van der Waals surface area contributed by atoms with Crippen LogP contribution in [0.25, 0.3) is 0 Å². The maximum atomic E-state index is 14.5. The summed E-state index contributed by atoms with van der Waals surface area (Å²) in [6.45, 7) is 4.82. The van der Waals surface area contributed by atoms with Crippen LogP contribution in [0.1, 0.15) is 36.1 Å². The molecule has 1 unspecified atom stereocenters. The Labute approximate surface area is 125 Å². The van der Waals surface area contributed by atoms with Crippen LogP contribution in [-0.4, -0.2) is 6.54 Å². The number of benzene rings is 2. The molecule has 2 aromatic carbocycles. The first-order chi connectivity index (χ1) is 10.1. The summed E-state index contributed by atoms with van der Waals surface area (Å²) in [6, 6.07) is 11.4. The highest BCUT2D eigenvalue weighted by atomic mass is 19.1. The zero-order valence-corrected chi connectivity index (χ0v) is 12.6. The van der Waals surface area contributed by atoms with Crippen LogP contribution in [0.2, 0.25) is 0 Å². The maximum absolute atomic E-state index is 14.5. The molecule has 21 heavy (non-hydrogen) atoms. The second-order valence-corrected chi connectivity index (χ2v) is 5.85. The van der Waals surface area contributed by atoms with Crippen LogP contribution in [0.5, 0.6) is 0 Å². The zero-order chi connectivity index (χ0) is 15.0. The number of hydrogen-bond acceptors (Lipinski definition) is 2. The van der Waals surface area contributed by atoms with Crippen LogP contribution in [0.3, 0.4) is 0 Å². The van der Waals surface area contributed by atoms with Crippen molar-refractivity contribution in [2.24, 2.45) is 5.73 Å². The minimum Gasteiger partial charge on any atom is -0.339 e. The van der Waals surface area contributed by atoms with Gasteiger partial charge in [0.15, 0.2) is 0 Å². The Bertz CT molecular complexity index is 664. The Morgan fingerprint density at radius 2 is 2.05 bits per heavy atom. The van der Waals surface area contributed by atoms with Gasteiger partial charge in [0, 0.05) is 18.3 Å². The second-order valence-electron chi connectivity index (χ2n) is 5.85. The quantitative estimate of drug-likeness (QED) is 0.893. The second kappa shape index (κ2) is 5.49. The monoisotopic (exact) mass is 284 g/mol. The SMILES string of the molecule is Cc1ccc2c(c1)CCCN2c1c(F)cccc1C(C)N. The van der Waals surface area contributed by atoms with E-state index in [9.17, 15) is 4.39 Å². The van der Waals surface area contributed by atoms with Gasteiger partial charge >= 0.3 is 0 Å². The Hall–Kier alpha value is -1.87. The number of halogens is 1. The summed E-state index contributed by atoms with van der Waals surface area (Å²) in [5.74, 6) is -0.196. The average Bonchev–Trinajstić information content (AvgIpc) is 2.46. The van der Waals surface area contributed by atoms with E-state index in [2.05, 4.69) is 30.0 Å². The van der Waals surface area contributed by atoms with Crippen LogP contribution in [0.4, 0.5) is 15.8 Å². The molecule has 0 saturated carbocycles. The summed E-state index contributed by atoms with van der Waals surface area (Å²) in [4.78, 5) is 2.09. The van der Waals surface area contributed by atoms with Gasteiger partial charge in [0.25, 0.3) is 0 Å². The highest BCUT2D eigenvalue weighted by Gasteiger charge is 2.24. The molecule has 1 aliphatic rings. The molecular formula is C18H21FN2. The summed E-state index contributed by atoms with van der Waals surface area (Å²) in [5, 5.41) is 0. The van der Waals surface area contributed by atoms with Crippen molar-refractivity contribution in [2.75, 3.05) is 11.4 Å². The van der Waals surface area contributed by atoms with Crippen molar-refractivity contribution >= 4 is 11.4 Å². The van der Waals surface area contributed by atoms with Crippen molar-refractivity contribution < 1.29 is 4.39 Å². The van der Waals surface area contributed by atoms with E-state index in [1.165, 1.54) is 17.2 Å². The zero-order valence-electron chi connectivity index (χ0n) is 12.6. The smallest absolute Gasteiger partial charge is 0.147 e. The lowest BCUT2D eigenvalue weighted by Crippen LogP contribution is -2.27. The van der Waals surface area contributed by atoms with Gasteiger partial charge in [0.2, 0.25) is 0 Å². The lowest BCUT2D eigenvalue weighted by atomic mass is 9.97. The predicted octanol–water partition coefficient (Wildman–Crippen LogP) is 4.24. The van der Waals surface area contributed by atoms with E-state index < -0.39 is 0 Å². The van der Waals surface area contributed by atoms with Crippen molar-refractivity contribution in [1.82, 2.24) is 0 Å². The average molecular weight is 284 g/mol. The molecule has 3 rings (SSSR count). The van der Waals surface area contributed by atoms with Gasteiger partial charge in [-0.3, -0.25) is 0 Å². The molecule has 1 atom stereocenters. The Balaban J connectivity index is 2.15. The molecule has 0 bridgehead atoms. The molecule has 2 nitrogen and oxygen atoms in total. The first-order valence-electron chi connectivity index (χ1n) is 7.49. The minimum atomic E-state index is -0.196. The molecule has 110 valence electrons. The molecule has 0 spiro atoms. The molecule has 3 heteroatoms. The first kappa shape index (κ1) is 14.1. The Morgan fingerprint density at radius 3 is 2.81 bits per heavy atom. The van der Waals surface area contributed by atoms with E-state index in [0.29, 0.717) is 5.69 Å². The van der Waals surface area contributed by atoms with Crippen LogP contribution in [0.15, 0.2) is 36.4 Å². The summed E-state index contributed by atoms with van der Waals surface area (Å²) in [7, 11) is 0. The first-order valence-corrected chi connectivity index (χ1v) is 7.49. The number of para-hydroxylation sites is 1. The Kier molecular flexibility index (Phi) is 3.68. The number of nitrogens with zero attached hydrogens (tertiary/aromatic N) is 1. The van der Waals surface area contributed by atoms with Crippen LogP contribution in [0, 0.1) is 12.7 Å². The number of hydrogen-bond donors (Lipinski definition) is 1. The van der Waals surface area contributed by atoms with Gasteiger partial charge in [-0.15, -0.1) is 0 Å². The third kappa shape index (κ3) is 2.54. The number of rotatable bonds is 2. The molecule has 0 amide bonds. The minimum absolute atomic E-state index is 0.188. The summed E-state index contributed by atoms with van der Waals surface area (Å²) < 4.78 is 14.5. The molecule has 0 radical (unpaired) electrons. The van der Waals surface area contributed by atoms with Gasteiger partial charge in [-0.25, -0.2) is 4.39 Å². The lowest BCUT2D eigenvalue weighted by molar-refractivity contribution is 0.614. The normalized spacial score (nSPS) is 15.7. The van der Waals surface area contributed by atoms with Crippen molar-refractivity contribution in [2.45, 2.75) is 32.7 Å². The third-order valence-electron chi connectivity index (χ3n) is 4.13. The van der Waals surface area contributed by atoms with Gasteiger partial charge in [0.1, 0.15) is 5.82 Å². The Morgan fingerprint density at radius 1 is 1.24 bits per heavy atom. The molecule has 0 aliphatic carbocycles. The number of anilines is 2. The van der Waals surface area contributed by atoms with Crippen LogP contribution in [-0.2, 0) is 6.42 Å². The van der Waals surface area contributed by atoms with Crippen molar-refractivity contribution in [3.05, 3.63) is 58.9 Å². The fourth-order valence-corrected chi connectivity index (χ4v) is 3.14. The van der Waals surface area contributed by atoms with E-state index in [1.54, 1.807) is 6.07 Å². The summed E-state index contributed by atoms with van der Waals surface area (Å²) >= 11 is 0. The molecule has 2 aromatic rings. The highest BCUT2D eigenvalue weighted by Crippen LogP contribution is 2.38. The van der Waals surface area contributed by atoms with Gasteiger partial charge in [-0.1, -0.05) is 29.8 Å². The fraction of sp³-hybridized carbons (Fsp3) is 0.333. The summed E-state index contributed by atoms with van der Waals surface area (Å²) in [5.41, 5.74) is 11.2. The molecule has 1 aliphatic heterocycles. The van der Waals surface area contributed by atoms with Crippen molar-refractivity contribution in [3.63, 3.8) is 0 Å². The van der Waals surface area contributed by atoms with Crippen LogP contribution < -0.4 is 10.6 Å². The number of fused-ring (bicyclic) bond motifs is 1. The largest absolute Gasteiger partial charge is 0.339 e. The number of nitrogens with two attached hydrogens (primary N) is 1. The van der Waals surface area contributed by atoms with Gasteiger partial charge in [-0.05, 0) is 49.9 Å². The molecule has 0 aromatic heterocycles. The van der Waals surface area contributed by atoms with Gasteiger partial charge in [-0.2, -0.15) is 0 Å². The van der Waals surface area contributed by atoms with E-state index >= 15 is 0 Å². The van der Waals surface area contributed by atoms with Crippen LogP contribution >= 0.6 is 0 Å². The van der Waals surface area contributed by atoms with E-state index in [4.69, 9.17) is 5.73 Å². The van der Waals surface area contributed by atoms with E-state index in [1.807, 2.05) is 13.0 Å². The summed E-state index contributed by atoms with van der Waals surface area (Å²) in [6.07, 6.45) is 2.08. The van der Waals surface area contributed by atoms with Gasteiger partial charge in [0.05, 0.1) is 5.69 Å². The molecule has 1 heterocycles. The third-order valence-corrected chi connectivity index (χ3v) is 4.13. The van der Waals surface area contributed by atoms with Gasteiger partial charge < -0.3 is 10.6 Å². The topological polar surface area (TPSA) is 29.3 Å². The molecule has 0 saturated heterocycles. The highest BCUT2D eigenvalue weighted by molar-refractivity contribution is 5.71. The molecule has 0 fully saturated rings. The van der Waals surface area contributed by atoms with Crippen molar-refractivity contribution in [1.29, 1.82) is 0 Å². The number of aryl methyl sites for hydroxylation is 2. The lowest BCUT2D eigenvalue weighted by Gasteiger charge is -2.34. The standard InChI is InChI=1S/C18H21FN2/c1-12-8-9-17-14(11-12)5-4-10-21(17)18-15(13(2)20)6-3-7-16(18)19/h3,6-9,11,13H,4-5,10,20H2,1-2H3.